The van der Waals surface area contributed by atoms with Gasteiger partial charge in [0.05, 0.1) is 6.20 Å². The topological polar surface area (TPSA) is 129 Å². The van der Waals surface area contributed by atoms with E-state index < -0.39 is 0 Å². The lowest BCUT2D eigenvalue weighted by Gasteiger charge is -2.28. The van der Waals surface area contributed by atoms with Crippen LogP contribution in [-0.2, 0) is 9.59 Å². The smallest absolute Gasteiger partial charge is 0.322 e. The molecule has 12 nitrogen and oxygen atoms in total. The summed E-state index contributed by atoms with van der Waals surface area (Å²) >= 11 is 0. The molecule has 45 heavy (non-hydrogen) atoms. The van der Waals surface area contributed by atoms with Crippen molar-refractivity contribution in [2.75, 3.05) is 51.4 Å². The molecule has 242 valence electrons. The zero-order valence-electron chi connectivity index (χ0n) is 27.1. The van der Waals surface area contributed by atoms with Crippen LogP contribution in [0.1, 0.15) is 63.9 Å². The first-order chi connectivity index (χ1) is 21.6. The molecule has 0 unspecified atom stereocenters. The standard InChI is InChI=1S/C33H47N9O3/c1-22(2)28-21-34-42-30(28)38-33(45-27-15-18-41(5)19-16-27)39-32(42)37-26-9-6-8-25(20-26)36-31(44)23-11-13-24(14-12-23)35-29(43)10-7-17-40(3)4/h6-10,20-24,27H,11-19H2,1-5H3,(H,35,43)(H,36,44)(H,37,38,39). The molecule has 2 aliphatic rings. The summed E-state index contributed by atoms with van der Waals surface area (Å²) in [5, 5.41) is 14.1. The highest BCUT2D eigenvalue weighted by Crippen LogP contribution is 2.28. The average molecular weight is 618 g/mol. The Kier molecular flexibility index (Phi) is 10.7. The average Bonchev–Trinajstić information content (AvgIpc) is 3.43. The number of carbonyl (C=O) groups is 2. The molecule has 0 radical (unpaired) electrons. The van der Waals surface area contributed by atoms with Crippen LogP contribution in [0.25, 0.3) is 5.65 Å². The van der Waals surface area contributed by atoms with Gasteiger partial charge in [0.25, 0.3) is 0 Å². The maximum Gasteiger partial charge on any atom is 0.322 e. The molecule has 1 saturated heterocycles. The normalized spacial score (nSPS) is 19.8. The van der Waals surface area contributed by atoms with E-state index in [1.165, 1.54) is 0 Å². The molecule has 1 aliphatic carbocycles. The number of nitrogens with one attached hydrogen (secondary N) is 3. The first-order valence-corrected chi connectivity index (χ1v) is 16.0. The maximum absolute atomic E-state index is 13.2. The molecule has 3 aromatic rings. The summed E-state index contributed by atoms with van der Waals surface area (Å²) in [4.78, 5) is 39.2. The number of anilines is 3. The molecule has 2 fully saturated rings. The molecule has 0 spiro atoms. The number of carbonyl (C=O) groups excluding carboxylic acids is 2. The number of nitrogens with zero attached hydrogens (tertiary/aromatic N) is 6. The largest absolute Gasteiger partial charge is 0.460 e. The van der Waals surface area contributed by atoms with E-state index in [0.29, 0.717) is 23.3 Å². The third-order valence-corrected chi connectivity index (χ3v) is 8.50. The number of benzene rings is 1. The second kappa shape index (κ2) is 14.8. The monoisotopic (exact) mass is 617 g/mol. The van der Waals surface area contributed by atoms with Gasteiger partial charge >= 0.3 is 6.01 Å². The Morgan fingerprint density at radius 2 is 1.80 bits per heavy atom. The third kappa shape index (κ3) is 8.79. The molecule has 1 saturated carbocycles. The van der Waals surface area contributed by atoms with Gasteiger partial charge in [0, 0.05) is 54.6 Å². The second-order valence-electron chi connectivity index (χ2n) is 12.9. The summed E-state index contributed by atoms with van der Waals surface area (Å²) in [5.41, 5.74) is 3.19. The molecule has 3 heterocycles. The molecule has 2 aromatic heterocycles. The lowest BCUT2D eigenvalue weighted by Crippen LogP contribution is -2.39. The molecule has 3 N–H and O–H groups in total. The first kappa shape index (κ1) is 32.4. The molecule has 1 aromatic carbocycles. The molecule has 2 amide bonds. The van der Waals surface area contributed by atoms with Gasteiger partial charge < -0.3 is 30.5 Å². The van der Waals surface area contributed by atoms with Crippen LogP contribution in [0, 0.1) is 5.92 Å². The number of piperidine rings is 1. The van der Waals surface area contributed by atoms with Gasteiger partial charge in [0.2, 0.25) is 17.8 Å². The summed E-state index contributed by atoms with van der Waals surface area (Å²) in [6, 6.07) is 8.02. The second-order valence-corrected chi connectivity index (χ2v) is 12.9. The third-order valence-electron chi connectivity index (χ3n) is 8.50. The van der Waals surface area contributed by atoms with E-state index in [9.17, 15) is 9.59 Å². The fourth-order valence-corrected chi connectivity index (χ4v) is 5.84. The van der Waals surface area contributed by atoms with Gasteiger partial charge in [-0.1, -0.05) is 26.0 Å². The fraction of sp³-hybridized carbons (Fsp3) is 0.545. The number of likely N-dealkylation sites (tertiary alicyclic amines) is 1. The van der Waals surface area contributed by atoms with Crippen LogP contribution in [0.5, 0.6) is 6.01 Å². The van der Waals surface area contributed by atoms with Gasteiger partial charge in [-0.3, -0.25) is 9.59 Å². The zero-order valence-corrected chi connectivity index (χ0v) is 27.1. The predicted molar refractivity (Wildman–Crippen MR) is 176 cm³/mol. The predicted octanol–water partition coefficient (Wildman–Crippen LogP) is 4.20. The Balaban J connectivity index is 1.22. The number of aromatic nitrogens is 4. The Morgan fingerprint density at radius 3 is 2.51 bits per heavy atom. The summed E-state index contributed by atoms with van der Waals surface area (Å²) in [5.74, 6) is 0.547. The van der Waals surface area contributed by atoms with Gasteiger partial charge in [-0.2, -0.15) is 19.6 Å². The molecule has 5 rings (SSSR count). The van der Waals surface area contributed by atoms with E-state index in [0.717, 1.165) is 69.4 Å². The molecule has 0 bridgehead atoms. The Bertz CT molecular complexity index is 1490. The lowest BCUT2D eigenvalue weighted by molar-refractivity contribution is -0.121. The van der Waals surface area contributed by atoms with Crippen molar-refractivity contribution in [1.82, 2.24) is 34.7 Å². The van der Waals surface area contributed by atoms with Crippen LogP contribution >= 0.6 is 0 Å². The number of likely N-dealkylation sites (N-methyl/N-ethyl adjacent to an activating group) is 1. The van der Waals surface area contributed by atoms with Crippen LogP contribution in [0.2, 0.25) is 0 Å². The van der Waals surface area contributed by atoms with E-state index in [4.69, 9.17) is 14.7 Å². The SMILES string of the molecule is CC(C)c1cnn2c(Nc3cccc(NC(=O)C4CCC(NC(=O)C=CCN(C)C)CC4)c3)nc(OC3CCN(C)CC3)nc12. The van der Waals surface area contributed by atoms with Gasteiger partial charge in [0.1, 0.15) is 6.10 Å². The first-order valence-electron chi connectivity index (χ1n) is 16.0. The van der Waals surface area contributed by atoms with E-state index in [2.05, 4.69) is 46.8 Å². The highest BCUT2D eigenvalue weighted by Gasteiger charge is 2.27. The number of ether oxygens (including phenoxy) is 1. The molecule has 12 heteroatoms. The van der Waals surface area contributed by atoms with Crippen LogP contribution in [0.3, 0.4) is 0 Å². The minimum absolute atomic E-state index is 0.00491. The van der Waals surface area contributed by atoms with Crippen molar-refractivity contribution in [2.45, 2.75) is 70.4 Å². The van der Waals surface area contributed by atoms with Crippen molar-refractivity contribution in [3.05, 3.63) is 48.2 Å². The van der Waals surface area contributed by atoms with Gasteiger partial charge in [-0.05, 0) is 83.8 Å². The summed E-state index contributed by atoms with van der Waals surface area (Å²) in [7, 11) is 6.04. The van der Waals surface area contributed by atoms with Gasteiger partial charge in [0.15, 0.2) is 5.65 Å². The van der Waals surface area contributed by atoms with Gasteiger partial charge in [-0.25, -0.2) is 0 Å². The van der Waals surface area contributed by atoms with Crippen LogP contribution < -0.4 is 20.7 Å². The zero-order chi connectivity index (χ0) is 31.9. The highest BCUT2D eigenvalue weighted by molar-refractivity contribution is 5.93. The number of amides is 2. The highest BCUT2D eigenvalue weighted by atomic mass is 16.5. The van der Waals surface area contributed by atoms with E-state index >= 15 is 0 Å². The fourth-order valence-electron chi connectivity index (χ4n) is 5.84. The minimum Gasteiger partial charge on any atom is -0.460 e. The number of hydrogen-bond acceptors (Lipinski definition) is 9. The van der Waals surface area contributed by atoms with Crippen molar-refractivity contribution in [1.29, 1.82) is 0 Å². The summed E-state index contributed by atoms with van der Waals surface area (Å²) in [6.07, 6.45) is 10.2. The maximum atomic E-state index is 13.2. The molecular formula is C33H47N9O3. The number of fused-ring (bicyclic) bond motifs is 1. The quantitative estimate of drug-likeness (QED) is 0.271. The van der Waals surface area contributed by atoms with Crippen LogP contribution in [0.4, 0.5) is 17.3 Å². The molecule has 0 atom stereocenters. The lowest BCUT2D eigenvalue weighted by atomic mass is 9.85. The summed E-state index contributed by atoms with van der Waals surface area (Å²) < 4.78 is 7.98. The Morgan fingerprint density at radius 1 is 1.07 bits per heavy atom. The van der Waals surface area contributed by atoms with Gasteiger partial charge in [-0.15, -0.1) is 0 Å². The Hall–Kier alpha value is -4.03. The van der Waals surface area contributed by atoms with Crippen LogP contribution in [0.15, 0.2) is 42.6 Å². The van der Waals surface area contributed by atoms with E-state index in [-0.39, 0.29) is 35.8 Å². The molecule has 1 aliphatic heterocycles. The minimum atomic E-state index is -0.0987. The van der Waals surface area contributed by atoms with E-state index in [1.54, 1.807) is 10.6 Å². The number of rotatable bonds is 11. The van der Waals surface area contributed by atoms with Crippen molar-refractivity contribution in [3.8, 4) is 6.01 Å². The molecular weight excluding hydrogens is 570 g/mol. The van der Waals surface area contributed by atoms with Crippen LogP contribution in [-0.4, -0.2) is 94.1 Å². The van der Waals surface area contributed by atoms with Crippen molar-refractivity contribution in [2.24, 2.45) is 5.92 Å². The number of hydrogen-bond donors (Lipinski definition) is 3. The van der Waals surface area contributed by atoms with E-state index in [1.807, 2.05) is 55.5 Å². The Labute approximate surface area is 265 Å². The van der Waals surface area contributed by atoms with Crippen molar-refractivity contribution in [3.63, 3.8) is 0 Å². The van der Waals surface area contributed by atoms with Crippen molar-refractivity contribution >= 4 is 34.8 Å². The van der Waals surface area contributed by atoms with Crippen molar-refractivity contribution < 1.29 is 14.3 Å². The summed E-state index contributed by atoms with van der Waals surface area (Å²) in [6.45, 7) is 6.91.